The van der Waals surface area contributed by atoms with Crippen molar-refractivity contribution in [2.75, 3.05) is 25.6 Å². The van der Waals surface area contributed by atoms with Crippen LogP contribution in [0.25, 0.3) is 11.3 Å². The lowest BCUT2D eigenvalue weighted by Crippen LogP contribution is -2.35. The smallest absolute Gasteiger partial charge is 0.306 e. The SMILES string of the molecule is COc1ccc(C)cc1NC(=O)CNC(=O)COC(=O)CCc1ncc(-c2ccc(C)cc2)o1. The number of methoxy groups -OCH3 is 1. The molecule has 2 amide bonds. The van der Waals surface area contributed by atoms with Gasteiger partial charge in [-0.15, -0.1) is 0 Å². The molecule has 0 aliphatic heterocycles. The Bertz CT molecular complexity index is 1150. The number of nitrogens with zero attached hydrogens (tertiary/aromatic N) is 1. The standard InChI is InChI=1S/C25H27N3O6/c1-16-4-7-18(8-5-16)21-13-27-24(34-21)10-11-25(31)33-15-23(30)26-14-22(29)28-19-12-17(2)6-9-20(19)32-3/h4-9,12-13H,10-11,14-15H2,1-3H3,(H,26,30)(H,28,29). The number of aromatic nitrogens is 1. The average Bonchev–Trinajstić information content (AvgIpc) is 3.30. The van der Waals surface area contributed by atoms with Crippen LogP contribution in [0.3, 0.4) is 0 Å². The highest BCUT2D eigenvalue weighted by Crippen LogP contribution is 2.25. The molecular weight excluding hydrogens is 438 g/mol. The van der Waals surface area contributed by atoms with Gasteiger partial charge < -0.3 is 24.5 Å². The molecule has 1 aromatic heterocycles. The van der Waals surface area contributed by atoms with E-state index in [4.69, 9.17) is 13.9 Å². The Hall–Kier alpha value is -4.14. The molecule has 0 saturated carbocycles. The average molecular weight is 466 g/mol. The molecule has 3 rings (SSSR count). The van der Waals surface area contributed by atoms with Crippen LogP contribution in [0.4, 0.5) is 5.69 Å². The Morgan fingerprint density at radius 1 is 1.00 bits per heavy atom. The molecule has 2 aromatic carbocycles. The highest BCUT2D eigenvalue weighted by Gasteiger charge is 2.13. The minimum Gasteiger partial charge on any atom is -0.495 e. The van der Waals surface area contributed by atoms with Crippen molar-refractivity contribution in [3.63, 3.8) is 0 Å². The van der Waals surface area contributed by atoms with E-state index in [1.807, 2.05) is 44.2 Å². The second-order valence-corrected chi connectivity index (χ2v) is 7.67. The number of rotatable bonds is 10. The topological polar surface area (TPSA) is 120 Å². The Kier molecular flexibility index (Phi) is 8.39. The number of aryl methyl sites for hydroxylation is 3. The fraction of sp³-hybridized carbons (Fsp3) is 0.280. The maximum absolute atomic E-state index is 12.1. The lowest BCUT2D eigenvalue weighted by Gasteiger charge is -2.11. The van der Waals surface area contributed by atoms with Gasteiger partial charge in [0.15, 0.2) is 18.3 Å². The van der Waals surface area contributed by atoms with Crippen molar-refractivity contribution in [1.29, 1.82) is 0 Å². The first kappa shape index (κ1) is 24.5. The quantitative estimate of drug-likeness (QED) is 0.441. The third-order valence-electron chi connectivity index (χ3n) is 4.87. The van der Waals surface area contributed by atoms with E-state index in [0.29, 0.717) is 23.1 Å². The van der Waals surface area contributed by atoms with Crippen molar-refractivity contribution < 1.29 is 28.3 Å². The van der Waals surface area contributed by atoms with Gasteiger partial charge in [-0.05, 0) is 31.5 Å². The van der Waals surface area contributed by atoms with Crippen LogP contribution in [0.5, 0.6) is 5.75 Å². The molecular formula is C25H27N3O6. The molecule has 0 radical (unpaired) electrons. The lowest BCUT2D eigenvalue weighted by molar-refractivity contribution is -0.148. The van der Waals surface area contributed by atoms with E-state index < -0.39 is 24.4 Å². The van der Waals surface area contributed by atoms with Crippen molar-refractivity contribution in [2.24, 2.45) is 0 Å². The van der Waals surface area contributed by atoms with Crippen LogP contribution >= 0.6 is 0 Å². The summed E-state index contributed by atoms with van der Waals surface area (Å²) in [6, 6.07) is 13.2. The van der Waals surface area contributed by atoms with Gasteiger partial charge in [0.05, 0.1) is 32.0 Å². The van der Waals surface area contributed by atoms with Gasteiger partial charge in [-0.2, -0.15) is 0 Å². The van der Waals surface area contributed by atoms with E-state index >= 15 is 0 Å². The van der Waals surface area contributed by atoms with E-state index in [-0.39, 0.29) is 19.4 Å². The number of carbonyl (C=O) groups excluding carboxylic acids is 3. The largest absolute Gasteiger partial charge is 0.495 e. The Morgan fingerprint density at radius 2 is 1.74 bits per heavy atom. The van der Waals surface area contributed by atoms with Crippen LogP contribution in [0.2, 0.25) is 0 Å². The molecule has 3 aromatic rings. The van der Waals surface area contributed by atoms with Crippen molar-refractivity contribution in [2.45, 2.75) is 26.7 Å². The molecule has 0 fully saturated rings. The Morgan fingerprint density at radius 3 is 2.47 bits per heavy atom. The molecule has 0 saturated heterocycles. The first-order valence-corrected chi connectivity index (χ1v) is 10.7. The van der Waals surface area contributed by atoms with Crippen molar-refractivity contribution in [1.82, 2.24) is 10.3 Å². The second-order valence-electron chi connectivity index (χ2n) is 7.67. The summed E-state index contributed by atoms with van der Waals surface area (Å²) < 4.78 is 15.8. The van der Waals surface area contributed by atoms with Gasteiger partial charge in [0.25, 0.3) is 5.91 Å². The third kappa shape index (κ3) is 7.19. The summed E-state index contributed by atoms with van der Waals surface area (Å²) >= 11 is 0. The van der Waals surface area contributed by atoms with Gasteiger partial charge in [-0.1, -0.05) is 35.9 Å². The first-order valence-electron chi connectivity index (χ1n) is 10.7. The molecule has 2 N–H and O–H groups in total. The number of amides is 2. The fourth-order valence-electron chi connectivity index (χ4n) is 3.05. The number of benzene rings is 2. The zero-order chi connectivity index (χ0) is 24.5. The van der Waals surface area contributed by atoms with Crippen molar-refractivity contribution >= 4 is 23.5 Å². The molecule has 9 nitrogen and oxygen atoms in total. The van der Waals surface area contributed by atoms with Crippen LogP contribution in [-0.2, 0) is 25.5 Å². The minimum atomic E-state index is -0.586. The van der Waals surface area contributed by atoms with E-state index in [1.165, 1.54) is 7.11 Å². The van der Waals surface area contributed by atoms with Crippen LogP contribution in [0, 0.1) is 13.8 Å². The summed E-state index contributed by atoms with van der Waals surface area (Å²) in [7, 11) is 1.50. The van der Waals surface area contributed by atoms with Gasteiger partial charge >= 0.3 is 5.97 Å². The van der Waals surface area contributed by atoms with Gasteiger partial charge in [-0.25, -0.2) is 4.98 Å². The Labute approximate surface area is 197 Å². The highest BCUT2D eigenvalue weighted by atomic mass is 16.5. The van der Waals surface area contributed by atoms with E-state index in [0.717, 1.165) is 16.7 Å². The summed E-state index contributed by atoms with van der Waals surface area (Å²) in [6.07, 6.45) is 1.86. The molecule has 0 atom stereocenters. The van der Waals surface area contributed by atoms with E-state index in [9.17, 15) is 14.4 Å². The number of carbonyl (C=O) groups is 3. The summed E-state index contributed by atoms with van der Waals surface area (Å²) in [5.41, 5.74) is 3.49. The van der Waals surface area contributed by atoms with Gasteiger partial charge in [-0.3, -0.25) is 14.4 Å². The summed E-state index contributed by atoms with van der Waals surface area (Å²) in [5, 5.41) is 5.08. The maximum atomic E-state index is 12.1. The number of esters is 1. The van der Waals surface area contributed by atoms with Crippen molar-refractivity contribution in [3.05, 3.63) is 65.7 Å². The zero-order valence-corrected chi connectivity index (χ0v) is 19.3. The molecule has 0 bridgehead atoms. The zero-order valence-electron chi connectivity index (χ0n) is 19.3. The molecule has 0 aliphatic rings. The van der Waals surface area contributed by atoms with Crippen LogP contribution in [0.1, 0.15) is 23.4 Å². The molecule has 0 spiro atoms. The normalized spacial score (nSPS) is 10.4. The van der Waals surface area contributed by atoms with Gasteiger partial charge in [0.2, 0.25) is 5.91 Å². The molecule has 34 heavy (non-hydrogen) atoms. The fourth-order valence-corrected chi connectivity index (χ4v) is 3.05. The predicted molar refractivity (Wildman–Crippen MR) is 125 cm³/mol. The maximum Gasteiger partial charge on any atom is 0.306 e. The predicted octanol–water partition coefficient (Wildman–Crippen LogP) is 3.20. The lowest BCUT2D eigenvalue weighted by atomic mass is 10.1. The third-order valence-corrected chi connectivity index (χ3v) is 4.87. The molecule has 9 heteroatoms. The first-order chi connectivity index (χ1) is 16.3. The molecule has 0 unspecified atom stereocenters. The van der Waals surface area contributed by atoms with Crippen molar-refractivity contribution in [3.8, 4) is 17.1 Å². The van der Waals surface area contributed by atoms with E-state index in [2.05, 4.69) is 15.6 Å². The summed E-state index contributed by atoms with van der Waals surface area (Å²) in [6.45, 7) is 3.13. The molecule has 1 heterocycles. The number of ether oxygens (including phenoxy) is 2. The number of anilines is 1. The van der Waals surface area contributed by atoms with Crippen LogP contribution < -0.4 is 15.4 Å². The number of hydrogen-bond donors (Lipinski definition) is 2. The number of oxazole rings is 1. The molecule has 178 valence electrons. The highest BCUT2D eigenvalue weighted by molar-refractivity contribution is 5.96. The van der Waals surface area contributed by atoms with Crippen LogP contribution in [0.15, 0.2) is 53.1 Å². The van der Waals surface area contributed by atoms with Gasteiger partial charge in [0.1, 0.15) is 5.75 Å². The Balaban J connectivity index is 1.36. The second kappa shape index (κ2) is 11.6. The summed E-state index contributed by atoms with van der Waals surface area (Å²) in [5.74, 6) is -0.0608. The number of hydrogen-bond acceptors (Lipinski definition) is 7. The molecule has 0 aliphatic carbocycles. The monoisotopic (exact) mass is 465 g/mol. The number of nitrogens with one attached hydrogen (secondary N) is 2. The minimum absolute atomic E-state index is 0.00870. The van der Waals surface area contributed by atoms with Gasteiger partial charge in [0, 0.05) is 12.0 Å². The summed E-state index contributed by atoms with van der Waals surface area (Å²) in [4.78, 5) is 40.2. The van der Waals surface area contributed by atoms with E-state index in [1.54, 1.807) is 18.3 Å². The van der Waals surface area contributed by atoms with Crippen LogP contribution in [-0.4, -0.2) is 43.0 Å².